The lowest BCUT2D eigenvalue weighted by Gasteiger charge is -2.08. The molecule has 0 unspecified atom stereocenters. The van der Waals surface area contributed by atoms with Gasteiger partial charge in [0.2, 0.25) is 5.91 Å². The highest BCUT2D eigenvalue weighted by molar-refractivity contribution is 8.00. The minimum atomic E-state index is -0.552. The molecule has 0 radical (unpaired) electrons. The van der Waals surface area contributed by atoms with Gasteiger partial charge in [-0.05, 0) is 23.6 Å². The molecule has 110 valence electrons. The number of nitrogens with one attached hydrogen (secondary N) is 1. The van der Waals surface area contributed by atoms with Gasteiger partial charge in [0.15, 0.2) is 0 Å². The first-order chi connectivity index (χ1) is 10.1. The molecule has 0 aliphatic carbocycles. The number of amides is 2. The molecule has 1 aromatic heterocycles. The number of para-hydroxylation sites is 1. The van der Waals surface area contributed by atoms with Gasteiger partial charge in [0.1, 0.15) is 10.8 Å². The number of nitrogens with two attached hydrogens (primary N) is 1. The van der Waals surface area contributed by atoms with Crippen molar-refractivity contribution in [1.82, 2.24) is 0 Å². The Kier molecular flexibility index (Phi) is 5.24. The molecule has 1 aromatic carbocycles. The lowest BCUT2D eigenvalue weighted by atomic mass is 10.3. The summed E-state index contributed by atoms with van der Waals surface area (Å²) in [6.07, 6.45) is 0. The van der Waals surface area contributed by atoms with E-state index in [0.29, 0.717) is 10.6 Å². The fourth-order valence-electron chi connectivity index (χ4n) is 1.64. The second-order valence-corrected chi connectivity index (χ2v) is 5.95. The van der Waals surface area contributed by atoms with Crippen LogP contribution in [0.25, 0.3) is 0 Å². The zero-order valence-corrected chi connectivity index (χ0v) is 12.9. The zero-order valence-electron chi connectivity index (χ0n) is 11.3. The van der Waals surface area contributed by atoms with E-state index in [9.17, 15) is 9.59 Å². The average molecular weight is 322 g/mol. The molecule has 0 spiro atoms. The first-order valence-corrected chi connectivity index (χ1v) is 7.91. The molecule has 1 heterocycles. The third-order valence-corrected chi connectivity index (χ3v) is 4.50. The predicted molar refractivity (Wildman–Crippen MR) is 85.2 cm³/mol. The van der Waals surface area contributed by atoms with Crippen molar-refractivity contribution < 1.29 is 14.3 Å². The Morgan fingerprint density at radius 2 is 2.10 bits per heavy atom. The number of rotatable bonds is 6. The maximum absolute atomic E-state index is 11.9. The van der Waals surface area contributed by atoms with Gasteiger partial charge >= 0.3 is 0 Å². The van der Waals surface area contributed by atoms with Crippen LogP contribution in [0.5, 0.6) is 5.75 Å². The summed E-state index contributed by atoms with van der Waals surface area (Å²) in [6.45, 7) is 0. The van der Waals surface area contributed by atoms with Crippen LogP contribution in [0.4, 0.5) is 5.00 Å². The number of anilines is 1. The van der Waals surface area contributed by atoms with Gasteiger partial charge in [-0.1, -0.05) is 12.1 Å². The summed E-state index contributed by atoms with van der Waals surface area (Å²) in [5, 5.41) is 4.89. The molecule has 0 aliphatic heterocycles. The lowest BCUT2D eigenvalue weighted by molar-refractivity contribution is -0.113. The van der Waals surface area contributed by atoms with Crippen LogP contribution < -0.4 is 15.8 Å². The number of hydrogen-bond acceptors (Lipinski definition) is 5. The minimum Gasteiger partial charge on any atom is -0.496 e. The summed E-state index contributed by atoms with van der Waals surface area (Å²) < 4.78 is 5.22. The Hall–Kier alpha value is -1.99. The fraction of sp³-hybridized carbons (Fsp3) is 0.143. The van der Waals surface area contributed by atoms with Crippen LogP contribution in [-0.4, -0.2) is 24.7 Å². The van der Waals surface area contributed by atoms with Gasteiger partial charge in [-0.3, -0.25) is 9.59 Å². The monoisotopic (exact) mass is 322 g/mol. The fourth-order valence-corrected chi connectivity index (χ4v) is 3.28. The number of carbonyl (C=O) groups excluding carboxylic acids is 2. The second kappa shape index (κ2) is 7.14. The van der Waals surface area contributed by atoms with Crippen molar-refractivity contribution in [3.8, 4) is 5.75 Å². The van der Waals surface area contributed by atoms with Crippen LogP contribution in [0, 0.1) is 0 Å². The van der Waals surface area contributed by atoms with Crippen LogP contribution in [0.3, 0.4) is 0 Å². The molecule has 0 saturated carbocycles. The van der Waals surface area contributed by atoms with Gasteiger partial charge in [-0.25, -0.2) is 0 Å². The maximum atomic E-state index is 11.9. The number of carbonyl (C=O) groups is 2. The Balaban J connectivity index is 1.96. The van der Waals surface area contributed by atoms with E-state index in [2.05, 4.69) is 5.32 Å². The SMILES string of the molecule is COc1ccccc1SCC(=O)Nc1sccc1C(N)=O. The number of thioether (sulfide) groups is 1. The van der Waals surface area contributed by atoms with Crippen LogP contribution in [0.1, 0.15) is 10.4 Å². The maximum Gasteiger partial charge on any atom is 0.251 e. The highest BCUT2D eigenvalue weighted by atomic mass is 32.2. The van der Waals surface area contributed by atoms with Gasteiger partial charge in [-0.15, -0.1) is 23.1 Å². The molecule has 0 saturated heterocycles. The normalized spacial score (nSPS) is 10.1. The van der Waals surface area contributed by atoms with Crippen LogP contribution in [-0.2, 0) is 4.79 Å². The zero-order chi connectivity index (χ0) is 15.2. The molecule has 5 nitrogen and oxygen atoms in total. The Morgan fingerprint density at radius 3 is 2.81 bits per heavy atom. The van der Waals surface area contributed by atoms with Crippen molar-refractivity contribution >= 4 is 39.9 Å². The van der Waals surface area contributed by atoms with E-state index in [1.807, 2.05) is 24.3 Å². The van der Waals surface area contributed by atoms with E-state index in [4.69, 9.17) is 10.5 Å². The molecule has 2 amide bonds. The molecular weight excluding hydrogens is 308 g/mol. The highest BCUT2D eigenvalue weighted by Gasteiger charge is 2.13. The number of thiophene rings is 1. The number of ether oxygens (including phenoxy) is 1. The molecule has 21 heavy (non-hydrogen) atoms. The van der Waals surface area contributed by atoms with Crippen molar-refractivity contribution in [3.05, 3.63) is 41.3 Å². The van der Waals surface area contributed by atoms with Gasteiger partial charge in [0, 0.05) is 4.90 Å². The summed E-state index contributed by atoms with van der Waals surface area (Å²) in [5.74, 6) is 0.195. The Morgan fingerprint density at radius 1 is 1.33 bits per heavy atom. The summed E-state index contributed by atoms with van der Waals surface area (Å²) in [6, 6.07) is 9.07. The lowest BCUT2D eigenvalue weighted by Crippen LogP contribution is -2.17. The van der Waals surface area contributed by atoms with E-state index in [0.717, 1.165) is 10.6 Å². The number of benzene rings is 1. The standard InChI is InChI=1S/C14H14N2O3S2/c1-19-10-4-2-3-5-11(10)21-8-12(17)16-14-9(13(15)18)6-7-20-14/h2-7H,8H2,1H3,(H2,15,18)(H,16,17). The summed E-state index contributed by atoms with van der Waals surface area (Å²) in [4.78, 5) is 24.0. The minimum absolute atomic E-state index is 0.198. The molecular formula is C14H14N2O3S2. The quantitative estimate of drug-likeness (QED) is 0.801. The van der Waals surface area contributed by atoms with Crippen LogP contribution >= 0.6 is 23.1 Å². The summed E-state index contributed by atoms with van der Waals surface area (Å²) >= 11 is 2.64. The van der Waals surface area contributed by atoms with Crippen LogP contribution in [0.15, 0.2) is 40.6 Å². The van der Waals surface area contributed by atoms with Crippen molar-refractivity contribution in [3.63, 3.8) is 0 Å². The molecule has 0 aliphatic rings. The van der Waals surface area contributed by atoms with Crippen molar-refractivity contribution in [2.75, 3.05) is 18.2 Å². The number of hydrogen-bond donors (Lipinski definition) is 2. The Bertz CT molecular complexity index is 655. The Labute approximate surface area is 130 Å². The largest absolute Gasteiger partial charge is 0.496 e. The van der Waals surface area contributed by atoms with E-state index >= 15 is 0 Å². The van der Waals surface area contributed by atoms with Crippen LogP contribution in [0.2, 0.25) is 0 Å². The van der Waals surface area contributed by atoms with E-state index in [-0.39, 0.29) is 11.7 Å². The third kappa shape index (κ3) is 3.99. The predicted octanol–water partition coefficient (Wildman–Crippen LogP) is 2.59. The number of primary amides is 1. The molecule has 0 fully saturated rings. The average Bonchev–Trinajstić information content (AvgIpc) is 2.93. The molecule has 0 atom stereocenters. The van der Waals surface area contributed by atoms with E-state index in [1.54, 1.807) is 18.6 Å². The first-order valence-electron chi connectivity index (χ1n) is 6.04. The highest BCUT2D eigenvalue weighted by Crippen LogP contribution is 2.29. The van der Waals surface area contributed by atoms with Crippen molar-refractivity contribution in [1.29, 1.82) is 0 Å². The molecule has 2 rings (SSSR count). The summed E-state index contributed by atoms with van der Waals surface area (Å²) in [5.41, 5.74) is 5.56. The van der Waals surface area contributed by atoms with Gasteiger partial charge < -0.3 is 15.8 Å². The van der Waals surface area contributed by atoms with Gasteiger partial charge in [-0.2, -0.15) is 0 Å². The van der Waals surface area contributed by atoms with E-state index < -0.39 is 5.91 Å². The molecule has 0 bridgehead atoms. The third-order valence-electron chi connectivity index (χ3n) is 2.61. The topological polar surface area (TPSA) is 81.4 Å². The number of methoxy groups -OCH3 is 1. The van der Waals surface area contributed by atoms with Gasteiger partial charge in [0.05, 0.1) is 18.4 Å². The molecule has 2 aromatic rings. The second-order valence-electron chi connectivity index (χ2n) is 4.02. The summed E-state index contributed by atoms with van der Waals surface area (Å²) in [7, 11) is 1.59. The molecule has 7 heteroatoms. The smallest absolute Gasteiger partial charge is 0.251 e. The van der Waals surface area contributed by atoms with Crippen molar-refractivity contribution in [2.24, 2.45) is 5.73 Å². The van der Waals surface area contributed by atoms with E-state index in [1.165, 1.54) is 23.1 Å². The first kappa shape index (κ1) is 15.4. The van der Waals surface area contributed by atoms with Crippen molar-refractivity contribution in [2.45, 2.75) is 4.90 Å². The molecule has 3 N–H and O–H groups in total. The van der Waals surface area contributed by atoms with Gasteiger partial charge in [0.25, 0.3) is 5.91 Å².